The standard InChI is InChI=1S/C20H18F2N4O4S/c21-15-9-16(22)11-17(10-15)24-31(28,29)18-1-2-19(23-12-18)25-4-6-26(7-5-25)20(27)14-3-8-30-13-14/h1-3,8-13,24H,4-7H2. The van der Waals surface area contributed by atoms with E-state index in [2.05, 4.69) is 9.71 Å². The van der Waals surface area contributed by atoms with Gasteiger partial charge in [-0.3, -0.25) is 9.52 Å². The Balaban J connectivity index is 1.40. The van der Waals surface area contributed by atoms with Gasteiger partial charge in [-0.1, -0.05) is 0 Å². The van der Waals surface area contributed by atoms with Gasteiger partial charge in [0.25, 0.3) is 15.9 Å². The second-order valence-corrected chi connectivity index (χ2v) is 8.59. The Hall–Kier alpha value is -3.47. The number of furan rings is 1. The van der Waals surface area contributed by atoms with E-state index in [-0.39, 0.29) is 16.5 Å². The smallest absolute Gasteiger partial charge is 0.263 e. The van der Waals surface area contributed by atoms with E-state index in [0.717, 1.165) is 12.1 Å². The number of amides is 1. The van der Waals surface area contributed by atoms with Crippen LogP contribution in [0.15, 0.2) is 64.4 Å². The summed E-state index contributed by atoms with van der Waals surface area (Å²) in [7, 11) is -4.07. The van der Waals surface area contributed by atoms with Crippen molar-refractivity contribution in [1.82, 2.24) is 9.88 Å². The van der Waals surface area contributed by atoms with Gasteiger partial charge in [-0.25, -0.2) is 22.2 Å². The summed E-state index contributed by atoms with van der Waals surface area (Å²) in [4.78, 5) is 20.1. The van der Waals surface area contributed by atoms with Gasteiger partial charge >= 0.3 is 0 Å². The molecule has 1 aliphatic rings. The molecule has 11 heteroatoms. The summed E-state index contributed by atoms with van der Waals surface area (Å²) in [6.07, 6.45) is 4.03. The maximum absolute atomic E-state index is 13.3. The van der Waals surface area contributed by atoms with Crippen LogP contribution >= 0.6 is 0 Å². The van der Waals surface area contributed by atoms with Gasteiger partial charge in [0.05, 0.1) is 17.5 Å². The van der Waals surface area contributed by atoms with Gasteiger partial charge in [0.2, 0.25) is 0 Å². The minimum atomic E-state index is -4.07. The summed E-state index contributed by atoms with van der Waals surface area (Å²) in [5, 5.41) is 0. The highest BCUT2D eigenvalue weighted by Gasteiger charge is 2.24. The third-order valence-corrected chi connectivity index (χ3v) is 6.17. The molecule has 1 saturated heterocycles. The molecule has 1 fully saturated rings. The number of rotatable bonds is 5. The quantitative estimate of drug-likeness (QED) is 0.645. The monoisotopic (exact) mass is 448 g/mol. The molecule has 0 bridgehead atoms. The number of carbonyl (C=O) groups is 1. The number of sulfonamides is 1. The lowest BCUT2D eigenvalue weighted by molar-refractivity contribution is 0.0745. The van der Waals surface area contributed by atoms with Crippen LogP contribution in [0.5, 0.6) is 0 Å². The molecule has 0 saturated carbocycles. The Morgan fingerprint density at radius 1 is 1.03 bits per heavy atom. The van der Waals surface area contributed by atoms with Crippen LogP contribution in [-0.2, 0) is 10.0 Å². The Bertz CT molecular complexity index is 1160. The highest BCUT2D eigenvalue weighted by Crippen LogP contribution is 2.21. The van der Waals surface area contributed by atoms with Crippen LogP contribution in [0.25, 0.3) is 0 Å². The number of hydrogen-bond donors (Lipinski definition) is 1. The van der Waals surface area contributed by atoms with Crippen molar-refractivity contribution in [3.8, 4) is 0 Å². The first-order valence-electron chi connectivity index (χ1n) is 9.33. The van der Waals surface area contributed by atoms with Crippen molar-refractivity contribution in [2.24, 2.45) is 0 Å². The van der Waals surface area contributed by atoms with Gasteiger partial charge < -0.3 is 14.2 Å². The first kappa shape index (κ1) is 20.8. The summed E-state index contributed by atoms with van der Waals surface area (Å²) in [6, 6.07) is 6.94. The molecular formula is C20H18F2N4O4S. The highest BCUT2D eigenvalue weighted by atomic mass is 32.2. The van der Waals surface area contributed by atoms with E-state index in [1.165, 1.54) is 24.8 Å². The van der Waals surface area contributed by atoms with E-state index in [1.807, 2.05) is 4.90 Å². The van der Waals surface area contributed by atoms with Crippen molar-refractivity contribution in [3.05, 3.63) is 72.3 Å². The molecule has 1 amide bonds. The molecule has 0 unspecified atom stereocenters. The number of pyridine rings is 1. The molecule has 1 aliphatic heterocycles. The van der Waals surface area contributed by atoms with Crippen LogP contribution in [0.4, 0.5) is 20.3 Å². The predicted molar refractivity (Wildman–Crippen MR) is 108 cm³/mol. The SMILES string of the molecule is O=C(c1ccoc1)N1CCN(c2ccc(S(=O)(=O)Nc3cc(F)cc(F)c3)cn2)CC1. The van der Waals surface area contributed by atoms with E-state index in [1.54, 1.807) is 17.0 Å². The number of nitrogens with zero attached hydrogens (tertiary/aromatic N) is 3. The Kier molecular flexibility index (Phi) is 5.59. The van der Waals surface area contributed by atoms with E-state index in [0.29, 0.717) is 43.6 Å². The zero-order valence-electron chi connectivity index (χ0n) is 16.2. The number of aromatic nitrogens is 1. The first-order valence-corrected chi connectivity index (χ1v) is 10.8. The maximum Gasteiger partial charge on any atom is 0.263 e. The number of carbonyl (C=O) groups excluding carboxylic acids is 1. The van der Waals surface area contributed by atoms with Crippen LogP contribution in [0.3, 0.4) is 0 Å². The number of anilines is 2. The molecule has 2 aromatic heterocycles. The molecular weight excluding hydrogens is 430 g/mol. The number of nitrogens with one attached hydrogen (secondary N) is 1. The first-order chi connectivity index (χ1) is 14.8. The molecule has 3 aromatic rings. The van der Waals surface area contributed by atoms with Gasteiger partial charge in [0.15, 0.2) is 0 Å². The van der Waals surface area contributed by atoms with E-state index >= 15 is 0 Å². The molecule has 1 aromatic carbocycles. The zero-order valence-corrected chi connectivity index (χ0v) is 17.0. The second kappa shape index (κ2) is 8.34. The zero-order chi connectivity index (χ0) is 22.0. The fourth-order valence-corrected chi connectivity index (χ4v) is 4.24. The number of hydrogen-bond acceptors (Lipinski definition) is 6. The Morgan fingerprint density at radius 2 is 1.74 bits per heavy atom. The number of halogens is 2. The van der Waals surface area contributed by atoms with Gasteiger partial charge in [-0.2, -0.15) is 0 Å². The molecule has 1 N–H and O–H groups in total. The molecule has 0 aliphatic carbocycles. The molecule has 162 valence electrons. The summed E-state index contributed by atoms with van der Waals surface area (Å²) in [5.41, 5.74) is 0.270. The highest BCUT2D eigenvalue weighted by molar-refractivity contribution is 7.92. The van der Waals surface area contributed by atoms with Gasteiger partial charge in [-0.15, -0.1) is 0 Å². The van der Waals surface area contributed by atoms with Crippen LogP contribution in [0.2, 0.25) is 0 Å². The predicted octanol–water partition coefficient (Wildman–Crippen LogP) is 2.72. The molecule has 0 radical (unpaired) electrons. The lowest BCUT2D eigenvalue weighted by Gasteiger charge is -2.35. The second-order valence-electron chi connectivity index (χ2n) is 6.91. The van der Waals surface area contributed by atoms with Crippen molar-refractivity contribution in [2.45, 2.75) is 4.90 Å². The molecule has 8 nitrogen and oxygen atoms in total. The minimum absolute atomic E-state index is 0.109. The Morgan fingerprint density at radius 3 is 2.32 bits per heavy atom. The van der Waals surface area contributed by atoms with Crippen molar-refractivity contribution in [3.63, 3.8) is 0 Å². The lowest BCUT2D eigenvalue weighted by atomic mass is 10.2. The average molecular weight is 448 g/mol. The fraction of sp³-hybridized carbons (Fsp3) is 0.200. The fourth-order valence-electron chi connectivity index (χ4n) is 3.25. The molecule has 3 heterocycles. The third-order valence-electron chi connectivity index (χ3n) is 4.80. The van der Waals surface area contributed by atoms with Crippen molar-refractivity contribution < 1.29 is 26.4 Å². The molecule has 0 spiro atoms. The third kappa shape index (κ3) is 4.66. The van der Waals surface area contributed by atoms with Crippen molar-refractivity contribution >= 4 is 27.4 Å². The van der Waals surface area contributed by atoms with E-state index in [4.69, 9.17) is 4.42 Å². The number of piperazine rings is 1. The van der Waals surface area contributed by atoms with Crippen molar-refractivity contribution in [1.29, 1.82) is 0 Å². The summed E-state index contributed by atoms with van der Waals surface area (Å²) >= 11 is 0. The molecule has 31 heavy (non-hydrogen) atoms. The summed E-state index contributed by atoms with van der Waals surface area (Å²) in [5.74, 6) is -1.33. The normalized spacial score (nSPS) is 14.5. The lowest BCUT2D eigenvalue weighted by Crippen LogP contribution is -2.49. The van der Waals surface area contributed by atoms with Crippen LogP contribution in [-0.4, -0.2) is 50.4 Å². The van der Waals surface area contributed by atoms with Crippen LogP contribution in [0.1, 0.15) is 10.4 Å². The minimum Gasteiger partial charge on any atom is -0.472 e. The summed E-state index contributed by atoms with van der Waals surface area (Å²) in [6.45, 7) is 2.03. The topological polar surface area (TPSA) is 95.8 Å². The van der Waals surface area contributed by atoms with Crippen LogP contribution < -0.4 is 9.62 Å². The maximum atomic E-state index is 13.3. The summed E-state index contributed by atoms with van der Waals surface area (Å²) < 4.78 is 58.6. The largest absolute Gasteiger partial charge is 0.472 e. The van der Waals surface area contributed by atoms with E-state index in [9.17, 15) is 22.0 Å². The van der Waals surface area contributed by atoms with Gasteiger partial charge in [0.1, 0.15) is 28.6 Å². The van der Waals surface area contributed by atoms with Crippen molar-refractivity contribution in [2.75, 3.05) is 35.8 Å². The van der Waals surface area contributed by atoms with Gasteiger partial charge in [0, 0.05) is 38.4 Å². The van der Waals surface area contributed by atoms with E-state index < -0.39 is 21.7 Å². The average Bonchev–Trinajstić information content (AvgIpc) is 3.27. The van der Waals surface area contributed by atoms with Gasteiger partial charge in [-0.05, 0) is 30.3 Å². The Labute approximate surface area is 177 Å². The van der Waals surface area contributed by atoms with Crippen LogP contribution in [0, 0.1) is 11.6 Å². The molecule has 0 atom stereocenters. The molecule has 4 rings (SSSR count). The number of benzene rings is 1.